The van der Waals surface area contributed by atoms with Gasteiger partial charge in [0.1, 0.15) is 0 Å². The first-order chi connectivity index (χ1) is 13.9. The Balaban J connectivity index is 2.42. The Morgan fingerprint density at radius 2 is 1.41 bits per heavy atom. The maximum Gasteiger partial charge on any atom is 0.255 e. The first kappa shape index (κ1) is 22.1. The molecule has 156 valence electrons. The molecule has 0 aliphatic rings. The third-order valence-corrected chi connectivity index (χ3v) is 3.91. The number of nitrogens with one attached hydrogen (secondary N) is 2. The van der Waals surface area contributed by atoms with Crippen molar-refractivity contribution in [1.82, 2.24) is 0 Å². The lowest BCUT2D eigenvalue weighted by Crippen LogP contribution is -2.16. The van der Waals surface area contributed by atoms with Gasteiger partial charge in [-0.3, -0.25) is 9.59 Å². The van der Waals surface area contributed by atoms with E-state index in [4.69, 9.17) is 14.2 Å². The molecule has 2 aromatic rings. The summed E-state index contributed by atoms with van der Waals surface area (Å²) >= 11 is 0. The fourth-order valence-corrected chi connectivity index (χ4v) is 2.77. The number of anilines is 2. The van der Waals surface area contributed by atoms with E-state index in [1.807, 2.05) is 33.8 Å². The lowest BCUT2D eigenvalue weighted by atomic mass is 10.1. The standard InChI is InChI=1S/C22H28N2O5/c1-6-27-19-12-16(13-20(28-7-2)21(19)29-8-3)22(26)24-18-11-14(4)9-10-17(18)23-15(5)25/h9-13H,6-8H2,1-5H3,(H,23,25)(H,24,26). The number of amides is 2. The van der Waals surface area contributed by atoms with Gasteiger partial charge in [-0.2, -0.15) is 0 Å². The van der Waals surface area contributed by atoms with Crippen LogP contribution in [0.1, 0.15) is 43.6 Å². The van der Waals surface area contributed by atoms with Gasteiger partial charge in [0, 0.05) is 12.5 Å². The molecular formula is C22H28N2O5. The molecule has 0 fully saturated rings. The Bertz CT molecular complexity index is 852. The molecule has 7 nitrogen and oxygen atoms in total. The highest BCUT2D eigenvalue weighted by atomic mass is 16.5. The predicted octanol–water partition coefficient (Wildman–Crippen LogP) is 4.40. The van der Waals surface area contributed by atoms with E-state index in [-0.39, 0.29) is 11.8 Å². The van der Waals surface area contributed by atoms with Gasteiger partial charge in [0.15, 0.2) is 11.5 Å². The number of carbonyl (C=O) groups is 2. The molecular weight excluding hydrogens is 372 g/mol. The average Bonchev–Trinajstić information content (AvgIpc) is 2.66. The van der Waals surface area contributed by atoms with Crippen molar-refractivity contribution in [2.75, 3.05) is 30.5 Å². The molecule has 0 saturated carbocycles. The molecule has 0 saturated heterocycles. The molecule has 0 heterocycles. The van der Waals surface area contributed by atoms with Crippen molar-refractivity contribution in [3.05, 3.63) is 41.5 Å². The summed E-state index contributed by atoms with van der Waals surface area (Å²) in [6.07, 6.45) is 0. The molecule has 7 heteroatoms. The van der Waals surface area contributed by atoms with Gasteiger partial charge in [0.2, 0.25) is 11.7 Å². The first-order valence-corrected chi connectivity index (χ1v) is 9.65. The smallest absolute Gasteiger partial charge is 0.255 e. The van der Waals surface area contributed by atoms with Crippen molar-refractivity contribution in [3.8, 4) is 17.2 Å². The van der Waals surface area contributed by atoms with E-state index in [9.17, 15) is 9.59 Å². The normalized spacial score (nSPS) is 10.2. The quantitative estimate of drug-likeness (QED) is 0.651. The molecule has 2 rings (SSSR count). The molecule has 0 unspecified atom stereocenters. The van der Waals surface area contributed by atoms with Crippen molar-refractivity contribution in [2.24, 2.45) is 0 Å². The second-order valence-corrected chi connectivity index (χ2v) is 6.29. The fraction of sp³-hybridized carbons (Fsp3) is 0.364. The number of rotatable bonds is 9. The second kappa shape index (κ2) is 10.4. The van der Waals surface area contributed by atoms with E-state index in [0.717, 1.165) is 5.56 Å². The topological polar surface area (TPSA) is 85.9 Å². The zero-order valence-corrected chi connectivity index (χ0v) is 17.5. The largest absolute Gasteiger partial charge is 0.490 e. The zero-order chi connectivity index (χ0) is 21.4. The Labute approximate surface area is 171 Å². The van der Waals surface area contributed by atoms with Crippen LogP contribution in [-0.2, 0) is 4.79 Å². The van der Waals surface area contributed by atoms with Gasteiger partial charge < -0.3 is 24.8 Å². The van der Waals surface area contributed by atoms with Crippen molar-refractivity contribution in [3.63, 3.8) is 0 Å². The molecule has 2 N–H and O–H groups in total. The van der Waals surface area contributed by atoms with Crippen LogP contribution in [0.15, 0.2) is 30.3 Å². The van der Waals surface area contributed by atoms with Gasteiger partial charge in [-0.1, -0.05) is 6.07 Å². The van der Waals surface area contributed by atoms with Crippen LogP contribution in [0.2, 0.25) is 0 Å². The minimum atomic E-state index is -0.354. The van der Waals surface area contributed by atoms with Crippen LogP contribution in [-0.4, -0.2) is 31.6 Å². The lowest BCUT2D eigenvalue weighted by Gasteiger charge is -2.17. The zero-order valence-electron chi connectivity index (χ0n) is 17.5. The van der Waals surface area contributed by atoms with Gasteiger partial charge >= 0.3 is 0 Å². The molecule has 2 amide bonds. The van der Waals surface area contributed by atoms with Crippen molar-refractivity contribution in [2.45, 2.75) is 34.6 Å². The van der Waals surface area contributed by atoms with E-state index >= 15 is 0 Å². The van der Waals surface area contributed by atoms with Gasteiger partial charge in [-0.05, 0) is 57.5 Å². The Hall–Kier alpha value is -3.22. The highest BCUT2D eigenvalue weighted by Crippen LogP contribution is 2.39. The monoisotopic (exact) mass is 400 g/mol. The molecule has 0 aromatic heterocycles. The molecule has 2 aromatic carbocycles. The molecule has 0 spiro atoms. The van der Waals surface area contributed by atoms with Crippen LogP contribution in [0.25, 0.3) is 0 Å². The maximum atomic E-state index is 13.0. The van der Waals surface area contributed by atoms with Crippen LogP contribution in [0.3, 0.4) is 0 Å². The van der Waals surface area contributed by atoms with E-state index in [1.165, 1.54) is 6.92 Å². The number of hydrogen-bond acceptors (Lipinski definition) is 5. The first-order valence-electron chi connectivity index (χ1n) is 9.65. The summed E-state index contributed by atoms with van der Waals surface area (Å²) in [4.78, 5) is 24.4. The van der Waals surface area contributed by atoms with Crippen molar-refractivity contribution in [1.29, 1.82) is 0 Å². The van der Waals surface area contributed by atoms with E-state index in [0.29, 0.717) is 54.0 Å². The van der Waals surface area contributed by atoms with Gasteiger partial charge in [0.05, 0.1) is 31.2 Å². The maximum absolute atomic E-state index is 13.0. The van der Waals surface area contributed by atoms with Crippen molar-refractivity contribution >= 4 is 23.2 Å². The average molecular weight is 400 g/mol. The number of carbonyl (C=O) groups excluding carboxylic acids is 2. The molecule has 0 aliphatic carbocycles. The van der Waals surface area contributed by atoms with Gasteiger partial charge in [-0.25, -0.2) is 0 Å². The summed E-state index contributed by atoms with van der Waals surface area (Å²) in [5, 5.41) is 5.58. The lowest BCUT2D eigenvalue weighted by molar-refractivity contribution is -0.114. The summed E-state index contributed by atoms with van der Waals surface area (Å²) in [7, 11) is 0. The fourth-order valence-electron chi connectivity index (χ4n) is 2.77. The third kappa shape index (κ3) is 5.88. The molecule has 0 atom stereocenters. The number of hydrogen-bond donors (Lipinski definition) is 2. The SMILES string of the molecule is CCOc1cc(C(=O)Nc2cc(C)ccc2NC(C)=O)cc(OCC)c1OCC. The van der Waals surface area contributed by atoms with Gasteiger partial charge in [0.25, 0.3) is 5.91 Å². The Morgan fingerprint density at radius 3 is 1.93 bits per heavy atom. The Kier molecular flexibility index (Phi) is 7.88. The minimum absolute atomic E-state index is 0.220. The minimum Gasteiger partial charge on any atom is -0.490 e. The summed E-state index contributed by atoms with van der Waals surface area (Å²) < 4.78 is 17.0. The van der Waals surface area contributed by atoms with E-state index in [2.05, 4.69) is 10.6 Å². The molecule has 29 heavy (non-hydrogen) atoms. The van der Waals surface area contributed by atoms with Crippen LogP contribution in [0, 0.1) is 6.92 Å². The second-order valence-electron chi connectivity index (χ2n) is 6.29. The molecule has 0 bridgehead atoms. The summed E-state index contributed by atoms with van der Waals surface area (Å²) in [6.45, 7) is 10.2. The summed E-state index contributed by atoms with van der Waals surface area (Å²) in [5.41, 5.74) is 2.34. The number of benzene rings is 2. The van der Waals surface area contributed by atoms with Crippen molar-refractivity contribution < 1.29 is 23.8 Å². The van der Waals surface area contributed by atoms with Crippen LogP contribution < -0.4 is 24.8 Å². The van der Waals surface area contributed by atoms with E-state index in [1.54, 1.807) is 24.3 Å². The van der Waals surface area contributed by atoms with Crippen LogP contribution in [0.5, 0.6) is 17.2 Å². The van der Waals surface area contributed by atoms with E-state index < -0.39 is 0 Å². The predicted molar refractivity (Wildman–Crippen MR) is 113 cm³/mol. The highest BCUT2D eigenvalue weighted by Gasteiger charge is 2.19. The third-order valence-electron chi connectivity index (χ3n) is 3.91. The highest BCUT2D eigenvalue weighted by molar-refractivity contribution is 6.07. The summed E-state index contributed by atoms with van der Waals surface area (Å²) in [5.74, 6) is 0.783. The molecule has 0 aliphatic heterocycles. The number of ether oxygens (including phenoxy) is 3. The Morgan fingerprint density at radius 1 is 0.828 bits per heavy atom. The molecule has 0 radical (unpaired) electrons. The van der Waals surface area contributed by atoms with Gasteiger partial charge in [-0.15, -0.1) is 0 Å². The number of aryl methyl sites for hydroxylation is 1. The van der Waals surface area contributed by atoms with Crippen LogP contribution >= 0.6 is 0 Å². The summed E-state index contributed by atoms with van der Waals surface area (Å²) in [6, 6.07) is 8.66. The van der Waals surface area contributed by atoms with Crippen LogP contribution in [0.4, 0.5) is 11.4 Å².